The van der Waals surface area contributed by atoms with Crippen molar-refractivity contribution in [1.29, 1.82) is 0 Å². The molecule has 3 N–H and O–H groups in total. The molecule has 1 fully saturated rings. The Bertz CT molecular complexity index is 425. The number of nitrogens with one attached hydrogen (secondary N) is 1. The van der Waals surface area contributed by atoms with E-state index in [1.165, 1.54) is 38.8 Å². The van der Waals surface area contributed by atoms with Crippen molar-refractivity contribution in [2.75, 3.05) is 30.7 Å². The maximum atomic E-state index is 11.9. The lowest BCUT2D eigenvalue weighted by Gasteiger charge is -2.19. The smallest absolute Gasteiger partial charge is 0.224 e. The third-order valence-electron chi connectivity index (χ3n) is 3.81. The fourth-order valence-corrected chi connectivity index (χ4v) is 2.65. The van der Waals surface area contributed by atoms with E-state index in [1.807, 2.05) is 18.2 Å². The Morgan fingerprint density at radius 1 is 1.15 bits per heavy atom. The summed E-state index contributed by atoms with van der Waals surface area (Å²) in [4.78, 5) is 14.4. The number of carbonyl (C=O) groups excluding carboxylic acids is 1. The molecule has 2 rings (SSSR count). The molecule has 0 unspecified atom stereocenters. The van der Waals surface area contributed by atoms with Gasteiger partial charge in [-0.25, -0.2) is 0 Å². The van der Waals surface area contributed by atoms with Crippen molar-refractivity contribution < 1.29 is 4.79 Å². The largest absolute Gasteiger partial charge is 0.397 e. The molecule has 1 aromatic rings. The van der Waals surface area contributed by atoms with Crippen LogP contribution in [-0.2, 0) is 4.79 Å². The van der Waals surface area contributed by atoms with Crippen LogP contribution in [0.25, 0.3) is 0 Å². The van der Waals surface area contributed by atoms with E-state index in [-0.39, 0.29) is 5.91 Å². The molecule has 110 valence electrons. The lowest BCUT2D eigenvalue weighted by molar-refractivity contribution is -0.116. The van der Waals surface area contributed by atoms with Gasteiger partial charge in [-0.2, -0.15) is 0 Å². The number of para-hydroxylation sites is 2. The molecule has 1 amide bonds. The summed E-state index contributed by atoms with van der Waals surface area (Å²) in [6.45, 7) is 3.40. The number of nitrogen functional groups attached to an aromatic ring is 1. The van der Waals surface area contributed by atoms with Crippen molar-refractivity contribution in [3.05, 3.63) is 24.3 Å². The van der Waals surface area contributed by atoms with Crippen molar-refractivity contribution in [3.63, 3.8) is 0 Å². The summed E-state index contributed by atoms with van der Waals surface area (Å²) < 4.78 is 0. The van der Waals surface area contributed by atoms with Crippen LogP contribution >= 0.6 is 0 Å². The van der Waals surface area contributed by atoms with Crippen molar-refractivity contribution in [3.8, 4) is 0 Å². The Morgan fingerprint density at radius 2 is 1.85 bits per heavy atom. The minimum atomic E-state index is 0.0534. The highest BCUT2D eigenvalue weighted by molar-refractivity contribution is 5.93. The third-order valence-corrected chi connectivity index (χ3v) is 3.81. The van der Waals surface area contributed by atoms with Gasteiger partial charge in [0.05, 0.1) is 11.4 Å². The molecule has 0 aliphatic carbocycles. The molecule has 0 aromatic heterocycles. The number of hydrogen-bond donors (Lipinski definition) is 2. The van der Waals surface area contributed by atoms with E-state index in [0.29, 0.717) is 17.8 Å². The van der Waals surface area contributed by atoms with Gasteiger partial charge in [0.25, 0.3) is 0 Å². The van der Waals surface area contributed by atoms with E-state index in [9.17, 15) is 4.79 Å². The Morgan fingerprint density at radius 3 is 2.55 bits per heavy atom. The number of rotatable bonds is 5. The Kier molecular flexibility index (Phi) is 5.87. The molecule has 1 heterocycles. The molecule has 0 saturated carbocycles. The van der Waals surface area contributed by atoms with Gasteiger partial charge in [-0.05, 0) is 51.0 Å². The van der Waals surface area contributed by atoms with Crippen LogP contribution < -0.4 is 11.1 Å². The van der Waals surface area contributed by atoms with E-state index in [2.05, 4.69) is 10.2 Å². The van der Waals surface area contributed by atoms with Crippen molar-refractivity contribution in [2.45, 2.75) is 38.5 Å². The first-order valence-corrected chi connectivity index (χ1v) is 7.62. The fraction of sp³-hybridized carbons (Fsp3) is 0.562. The van der Waals surface area contributed by atoms with Crippen LogP contribution in [0.4, 0.5) is 11.4 Å². The summed E-state index contributed by atoms with van der Waals surface area (Å²) in [5.41, 5.74) is 7.14. The van der Waals surface area contributed by atoms with E-state index < -0.39 is 0 Å². The number of anilines is 2. The number of benzene rings is 1. The van der Waals surface area contributed by atoms with Crippen LogP contribution in [-0.4, -0.2) is 30.4 Å². The molecular formula is C16H25N3O. The molecular weight excluding hydrogens is 250 g/mol. The minimum Gasteiger partial charge on any atom is -0.397 e. The molecule has 1 aliphatic heterocycles. The molecule has 0 atom stereocenters. The van der Waals surface area contributed by atoms with Gasteiger partial charge in [-0.15, -0.1) is 0 Å². The minimum absolute atomic E-state index is 0.0534. The van der Waals surface area contributed by atoms with E-state index in [0.717, 1.165) is 13.0 Å². The molecule has 4 heteroatoms. The van der Waals surface area contributed by atoms with Crippen LogP contribution in [0.15, 0.2) is 24.3 Å². The first-order chi connectivity index (χ1) is 9.75. The second kappa shape index (κ2) is 7.90. The van der Waals surface area contributed by atoms with Crippen LogP contribution in [0.3, 0.4) is 0 Å². The van der Waals surface area contributed by atoms with Crippen molar-refractivity contribution >= 4 is 17.3 Å². The highest BCUT2D eigenvalue weighted by Crippen LogP contribution is 2.17. The summed E-state index contributed by atoms with van der Waals surface area (Å²) in [7, 11) is 0. The molecule has 20 heavy (non-hydrogen) atoms. The number of nitrogens with zero attached hydrogens (tertiary/aromatic N) is 1. The summed E-state index contributed by atoms with van der Waals surface area (Å²) in [6, 6.07) is 7.38. The molecule has 1 aliphatic rings. The highest BCUT2D eigenvalue weighted by atomic mass is 16.1. The molecule has 0 bridgehead atoms. The van der Waals surface area contributed by atoms with Gasteiger partial charge in [0.1, 0.15) is 0 Å². The zero-order valence-electron chi connectivity index (χ0n) is 12.1. The average Bonchev–Trinajstić information content (AvgIpc) is 2.70. The van der Waals surface area contributed by atoms with Gasteiger partial charge >= 0.3 is 0 Å². The normalized spacial score (nSPS) is 16.6. The quantitative estimate of drug-likeness (QED) is 0.812. The summed E-state index contributed by atoms with van der Waals surface area (Å²) >= 11 is 0. The van der Waals surface area contributed by atoms with Crippen LogP contribution in [0, 0.1) is 0 Å². The summed E-state index contributed by atoms with van der Waals surface area (Å²) in [5.74, 6) is 0.0534. The third kappa shape index (κ3) is 4.85. The van der Waals surface area contributed by atoms with Crippen LogP contribution in [0.1, 0.15) is 38.5 Å². The van der Waals surface area contributed by atoms with Gasteiger partial charge in [-0.3, -0.25) is 4.79 Å². The SMILES string of the molecule is Nc1ccccc1NC(=O)CCCN1CCCCCC1. The van der Waals surface area contributed by atoms with Gasteiger partial charge < -0.3 is 16.0 Å². The predicted molar refractivity (Wildman–Crippen MR) is 83.6 cm³/mol. The average molecular weight is 275 g/mol. The van der Waals surface area contributed by atoms with Gasteiger partial charge in [0.2, 0.25) is 5.91 Å². The molecule has 1 aromatic carbocycles. The molecule has 0 spiro atoms. The topological polar surface area (TPSA) is 58.4 Å². The maximum Gasteiger partial charge on any atom is 0.224 e. The first-order valence-electron chi connectivity index (χ1n) is 7.62. The zero-order valence-corrected chi connectivity index (χ0v) is 12.1. The summed E-state index contributed by atoms with van der Waals surface area (Å²) in [6.07, 6.45) is 6.78. The van der Waals surface area contributed by atoms with Gasteiger partial charge in [0.15, 0.2) is 0 Å². The summed E-state index contributed by atoms with van der Waals surface area (Å²) in [5, 5.41) is 2.88. The van der Waals surface area contributed by atoms with Gasteiger partial charge in [0, 0.05) is 6.42 Å². The highest BCUT2D eigenvalue weighted by Gasteiger charge is 2.10. The van der Waals surface area contributed by atoms with E-state index in [1.54, 1.807) is 6.07 Å². The first kappa shape index (κ1) is 14.9. The Hall–Kier alpha value is -1.55. The fourth-order valence-electron chi connectivity index (χ4n) is 2.65. The maximum absolute atomic E-state index is 11.9. The van der Waals surface area contributed by atoms with Crippen LogP contribution in [0.2, 0.25) is 0 Å². The lowest BCUT2D eigenvalue weighted by atomic mass is 10.2. The predicted octanol–water partition coefficient (Wildman–Crippen LogP) is 2.86. The number of likely N-dealkylation sites (tertiary alicyclic amines) is 1. The molecule has 0 radical (unpaired) electrons. The molecule has 1 saturated heterocycles. The van der Waals surface area contributed by atoms with Gasteiger partial charge in [-0.1, -0.05) is 25.0 Å². The van der Waals surface area contributed by atoms with Crippen molar-refractivity contribution in [2.24, 2.45) is 0 Å². The monoisotopic (exact) mass is 275 g/mol. The number of hydrogen-bond acceptors (Lipinski definition) is 3. The number of amides is 1. The number of carbonyl (C=O) groups is 1. The number of nitrogens with two attached hydrogens (primary N) is 1. The lowest BCUT2D eigenvalue weighted by Crippen LogP contribution is -2.26. The van der Waals surface area contributed by atoms with E-state index >= 15 is 0 Å². The zero-order chi connectivity index (χ0) is 14.2. The van der Waals surface area contributed by atoms with Crippen molar-refractivity contribution in [1.82, 2.24) is 4.90 Å². The van der Waals surface area contributed by atoms with E-state index in [4.69, 9.17) is 5.73 Å². The van der Waals surface area contributed by atoms with Crippen LogP contribution in [0.5, 0.6) is 0 Å². The Labute approximate surface area is 121 Å². The second-order valence-electron chi connectivity index (χ2n) is 5.49. The second-order valence-corrected chi connectivity index (χ2v) is 5.49. The standard InChI is InChI=1S/C16H25N3O/c17-14-8-3-4-9-15(14)18-16(20)10-7-13-19-11-5-1-2-6-12-19/h3-4,8-9H,1-2,5-7,10-13,17H2,(H,18,20). The molecule has 4 nitrogen and oxygen atoms in total. The Balaban J connectivity index is 1.68.